The number of likely N-dealkylation sites (tertiary alicyclic amines) is 1. The predicted molar refractivity (Wildman–Crippen MR) is 136 cm³/mol. The van der Waals surface area contributed by atoms with E-state index in [2.05, 4.69) is 10.3 Å². The van der Waals surface area contributed by atoms with Crippen molar-refractivity contribution in [2.75, 3.05) is 19.8 Å². The van der Waals surface area contributed by atoms with Gasteiger partial charge >= 0.3 is 0 Å². The second kappa shape index (κ2) is 9.11. The number of benzene rings is 1. The highest BCUT2D eigenvalue weighted by Gasteiger charge is 2.49. The van der Waals surface area contributed by atoms with Crippen LogP contribution in [-0.4, -0.2) is 53.5 Å². The first kappa shape index (κ1) is 22.8. The van der Waals surface area contributed by atoms with Crippen molar-refractivity contribution in [3.63, 3.8) is 0 Å². The molecule has 3 atom stereocenters. The van der Waals surface area contributed by atoms with Crippen LogP contribution in [-0.2, 0) is 0 Å². The Morgan fingerprint density at radius 1 is 1.26 bits per heavy atom. The van der Waals surface area contributed by atoms with Crippen LogP contribution in [0.3, 0.4) is 0 Å². The predicted octanol–water partition coefficient (Wildman–Crippen LogP) is 5.03. The monoisotopic (exact) mass is 529 g/mol. The molecule has 35 heavy (non-hydrogen) atoms. The summed E-state index contributed by atoms with van der Waals surface area (Å²) in [6.07, 6.45) is 3.02. The van der Waals surface area contributed by atoms with Crippen LogP contribution >= 0.6 is 34.3 Å². The van der Waals surface area contributed by atoms with Crippen LogP contribution in [0.5, 0.6) is 11.5 Å². The van der Waals surface area contributed by atoms with Crippen molar-refractivity contribution in [2.24, 2.45) is 5.92 Å². The maximum atomic E-state index is 13.9. The third-order valence-corrected chi connectivity index (χ3v) is 9.17. The second-order valence-corrected chi connectivity index (χ2v) is 11.6. The van der Waals surface area contributed by atoms with Gasteiger partial charge < -0.3 is 19.7 Å². The number of aryl methyl sites for hydroxylation is 1. The minimum absolute atomic E-state index is 0.0626. The summed E-state index contributed by atoms with van der Waals surface area (Å²) in [5, 5.41) is 6.33. The van der Waals surface area contributed by atoms with Crippen LogP contribution < -0.4 is 14.8 Å². The number of carbonyl (C=O) groups excluding carboxylic acids is 2. The van der Waals surface area contributed by atoms with Gasteiger partial charge in [0, 0.05) is 23.0 Å². The zero-order chi connectivity index (χ0) is 24.1. The number of aromatic nitrogens is 1. The molecule has 7 nitrogen and oxygen atoms in total. The lowest BCUT2D eigenvalue weighted by Gasteiger charge is -2.35. The molecular formula is C25H24ClN3O4S2. The summed E-state index contributed by atoms with van der Waals surface area (Å²) in [7, 11) is 0. The summed E-state index contributed by atoms with van der Waals surface area (Å²) in [5.74, 6) is 1.25. The second-order valence-electron chi connectivity index (χ2n) is 9.09. The number of thiazole rings is 1. The quantitative estimate of drug-likeness (QED) is 0.501. The van der Waals surface area contributed by atoms with E-state index in [-0.39, 0.29) is 23.9 Å². The van der Waals surface area contributed by atoms with Crippen LogP contribution in [0.4, 0.5) is 0 Å². The van der Waals surface area contributed by atoms with Crippen LogP contribution in [0.2, 0.25) is 5.02 Å². The van der Waals surface area contributed by atoms with Gasteiger partial charge in [0.15, 0.2) is 11.5 Å². The number of rotatable bonds is 5. The Balaban J connectivity index is 1.24. The van der Waals surface area contributed by atoms with E-state index in [4.69, 9.17) is 21.1 Å². The molecule has 1 saturated heterocycles. The van der Waals surface area contributed by atoms with E-state index in [1.54, 1.807) is 5.38 Å². The molecule has 2 amide bonds. The van der Waals surface area contributed by atoms with Gasteiger partial charge in [0.25, 0.3) is 11.8 Å². The Morgan fingerprint density at radius 3 is 2.97 bits per heavy atom. The lowest BCUT2D eigenvalue weighted by molar-refractivity contribution is 0.0577. The summed E-state index contributed by atoms with van der Waals surface area (Å²) >= 11 is 9.04. The minimum Gasteiger partial charge on any atom is -0.485 e. The zero-order valence-corrected chi connectivity index (χ0v) is 21.5. The van der Waals surface area contributed by atoms with Crippen molar-refractivity contribution in [1.82, 2.24) is 15.2 Å². The first-order valence-electron chi connectivity index (χ1n) is 11.7. The molecule has 2 fully saturated rings. The fourth-order valence-electron chi connectivity index (χ4n) is 5.49. The molecule has 0 unspecified atom stereocenters. The van der Waals surface area contributed by atoms with E-state index in [1.165, 1.54) is 22.7 Å². The number of hydrogen-bond donors (Lipinski definition) is 1. The standard InChI is InChI=1S/C25H24ClN3O4S2/c1-13-28-20(22(35-13)15-3-2-4-16(26)9-15)25(31)29-17-6-5-14(10-17)18(29)11-27-24(30)23-21-19(12-34-23)32-7-8-33-21/h2-4,9,12,14,17-18H,5-8,10-11H2,1H3,(H,27,30)/t14-,17+,18+/m0/s1. The largest absolute Gasteiger partial charge is 0.485 e. The summed E-state index contributed by atoms with van der Waals surface area (Å²) in [6.45, 7) is 3.23. The van der Waals surface area contributed by atoms with E-state index in [1.807, 2.05) is 36.1 Å². The topological polar surface area (TPSA) is 80.8 Å². The van der Waals surface area contributed by atoms with Gasteiger partial charge in [0.2, 0.25) is 0 Å². The van der Waals surface area contributed by atoms with Gasteiger partial charge in [-0.2, -0.15) is 0 Å². The van der Waals surface area contributed by atoms with Gasteiger partial charge in [-0.1, -0.05) is 23.7 Å². The minimum atomic E-state index is -0.193. The summed E-state index contributed by atoms with van der Waals surface area (Å²) < 4.78 is 11.2. The average molecular weight is 530 g/mol. The molecule has 2 aromatic heterocycles. The maximum absolute atomic E-state index is 13.9. The number of thiophene rings is 1. The summed E-state index contributed by atoms with van der Waals surface area (Å²) in [5.41, 5.74) is 1.36. The highest BCUT2D eigenvalue weighted by molar-refractivity contribution is 7.15. The number of halogens is 1. The molecule has 0 radical (unpaired) electrons. The van der Waals surface area contributed by atoms with Crippen LogP contribution in [0.15, 0.2) is 29.6 Å². The molecule has 4 heterocycles. The molecule has 3 aliphatic rings. The molecule has 2 bridgehead atoms. The van der Waals surface area contributed by atoms with Gasteiger partial charge in [-0.25, -0.2) is 4.98 Å². The Morgan fingerprint density at radius 2 is 2.11 bits per heavy atom. The molecule has 1 N–H and O–H groups in total. The summed E-state index contributed by atoms with van der Waals surface area (Å²) in [6, 6.07) is 7.64. The van der Waals surface area contributed by atoms with E-state index in [0.717, 1.165) is 34.7 Å². The lowest BCUT2D eigenvalue weighted by atomic mass is 9.98. The number of nitrogens with zero attached hydrogens (tertiary/aromatic N) is 2. The number of nitrogens with one attached hydrogen (secondary N) is 1. The number of carbonyl (C=O) groups is 2. The first-order valence-corrected chi connectivity index (χ1v) is 13.8. The van der Waals surface area contributed by atoms with Gasteiger partial charge in [-0.15, -0.1) is 22.7 Å². The van der Waals surface area contributed by atoms with E-state index in [0.29, 0.717) is 52.8 Å². The van der Waals surface area contributed by atoms with Gasteiger partial charge in [-0.05, 0) is 49.8 Å². The molecule has 182 valence electrons. The number of piperidine rings is 1. The van der Waals surface area contributed by atoms with Crippen molar-refractivity contribution >= 4 is 46.1 Å². The fourth-order valence-corrected chi connectivity index (χ4v) is 7.43. The van der Waals surface area contributed by atoms with Crippen molar-refractivity contribution in [3.8, 4) is 21.9 Å². The van der Waals surface area contributed by atoms with Crippen LogP contribution in [0.25, 0.3) is 10.4 Å². The molecule has 1 aromatic carbocycles. The molecule has 0 spiro atoms. The van der Waals surface area contributed by atoms with Gasteiger partial charge in [0.05, 0.1) is 15.9 Å². The normalized spacial score (nSPS) is 22.5. The number of amides is 2. The van der Waals surface area contributed by atoms with E-state index in [9.17, 15) is 9.59 Å². The van der Waals surface area contributed by atoms with Gasteiger partial charge in [-0.3, -0.25) is 9.59 Å². The maximum Gasteiger partial charge on any atom is 0.274 e. The van der Waals surface area contributed by atoms with Gasteiger partial charge in [0.1, 0.15) is 23.8 Å². The van der Waals surface area contributed by atoms with Crippen molar-refractivity contribution in [1.29, 1.82) is 0 Å². The molecule has 1 aliphatic carbocycles. The molecule has 6 rings (SSSR count). The molecule has 1 saturated carbocycles. The highest BCUT2D eigenvalue weighted by atomic mass is 35.5. The zero-order valence-electron chi connectivity index (χ0n) is 19.1. The van der Waals surface area contributed by atoms with E-state index < -0.39 is 0 Å². The Kier molecular flexibility index (Phi) is 5.94. The third-order valence-electron chi connectivity index (χ3n) is 6.98. The van der Waals surface area contributed by atoms with Crippen molar-refractivity contribution in [2.45, 2.75) is 38.3 Å². The fraction of sp³-hybridized carbons (Fsp3) is 0.400. The van der Waals surface area contributed by atoms with Crippen molar-refractivity contribution in [3.05, 3.63) is 50.2 Å². The average Bonchev–Trinajstić information content (AvgIpc) is 3.64. The molecule has 3 aromatic rings. The highest BCUT2D eigenvalue weighted by Crippen LogP contribution is 2.44. The van der Waals surface area contributed by atoms with Crippen LogP contribution in [0, 0.1) is 12.8 Å². The molecular weight excluding hydrogens is 506 g/mol. The Labute approximate surface area is 216 Å². The number of hydrogen-bond acceptors (Lipinski definition) is 7. The Bertz CT molecular complexity index is 1310. The molecule has 10 heteroatoms. The summed E-state index contributed by atoms with van der Waals surface area (Å²) in [4.78, 5) is 34.8. The van der Waals surface area contributed by atoms with Crippen LogP contribution in [0.1, 0.15) is 44.4 Å². The number of fused-ring (bicyclic) bond motifs is 3. The smallest absolute Gasteiger partial charge is 0.274 e. The lowest BCUT2D eigenvalue weighted by Crippen LogP contribution is -2.50. The molecule has 2 aliphatic heterocycles. The number of ether oxygens (including phenoxy) is 2. The van der Waals surface area contributed by atoms with Crippen molar-refractivity contribution < 1.29 is 19.1 Å². The third kappa shape index (κ3) is 4.09. The Hall–Kier alpha value is -2.62. The SMILES string of the molecule is Cc1nc(C(=O)N2[C@@H]3CC[C@@H](C3)[C@H]2CNC(=O)c2scc3c2OCCO3)c(-c2cccc(Cl)c2)s1. The first-order chi connectivity index (χ1) is 17.0. The van der Waals surface area contributed by atoms with E-state index >= 15 is 0 Å².